The van der Waals surface area contributed by atoms with Crippen LogP contribution in [0.4, 0.5) is 4.39 Å². The third kappa shape index (κ3) is 1.64. The van der Waals surface area contributed by atoms with E-state index in [-0.39, 0.29) is 11.9 Å². The fourth-order valence-electron chi connectivity index (χ4n) is 1.73. The molecule has 1 unspecified atom stereocenters. The Labute approximate surface area is 90.6 Å². The first kappa shape index (κ1) is 9.93. The zero-order valence-corrected chi connectivity index (χ0v) is 9.40. The molecule has 1 aromatic rings. The Kier molecular flexibility index (Phi) is 2.74. The van der Waals surface area contributed by atoms with Crippen molar-refractivity contribution in [2.45, 2.75) is 12.5 Å². The van der Waals surface area contributed by atoms with Crippen molar-refractivity contribution < 1.29 is 9.13 Å². The van der Waals surface area contributed by atoms with Gasteiger partial charge in [0.15, 0.2) is 11.6 Å². The van der Waals surface area contributed by atoms with Crippen LogP contribution >= 0.6 is 15.9 Å². The van der Waals surface area contributed by atoms with Crippen LogP contribution in [0, 0.1) is 5.82 Å². The number of hydrogen-bond donors (Lipinski definition) is 1. The Hall–Kier alpha value is -0.610. The Morgan fingerprint density at radius 1 is 1.57 bits per heavy atom. The maximum Gasteiger partial charge on any atom is 0.166 e. The first-order valence-corrected chi connectivity index (χ1v) is 5.30. The van der Waals surface area contributed by atoms with Crippen LogP contribution in [0.1, 0.15) is 18.0 Å². The standard InChI is InChI=1S/C10H11BrFNO/c1-13-9-2-3-14-10-7(9)4-6(11)5-8(10)12/h4-5,9,13H,2-3H2,1H3. The van der Waals surface area contributed by atoms with Gasteiger partial charge in [-0.05, 0) is 19.2 Å². The summed E-state index contributed by atoms with van der Waals surface area (Å²) >= 11 is 3.27. The molecule has 14 heavy (non-hydrogen) atoms. The minimum absolute atomic E-state index is 0.186. The number of fused-ring (bicyclic) bond motifs is 1. The fourth-order valence-corrected chi connectivity index (χ4v) is 2.17. The summed E-state index contributed by atoms with van der Waals surface area (Å²) in [6, 6.07) is 3.51. The van der Waals surface area contributed by atoms with Crippen molar-refractivity contribution >= 4 is 15.9 Å². The van der Waals surface area contributed by atoms with E-state index in [0.717, 1.165) is 16.5 Å². The van der Waals surface area contributed by atoms with Gasteiger partial charge in [-0.3, -0.25) is 0 Å². The summed E-state index contributed by atoms with van der Waals surface area (Å²) in [5, 5.41) is 3.15. The van der Waals surface area contributed by atoms with Crippen molar-refractivity contribution in [2.24, 2.45) is 0 Å². The molecule has 0 aliphatic carbocycles. The molecule has 0 bridgehead atoms. The molecular formula is C10H11BrFNO. The van der Waals surface area contributed by atoms with E-state index in [1.54, 1.807) is 0 Å². The first-order chi connectivity index (χ1) is 6.72. The zero-order valence-electron chi connectivity index (χ0n) is 7.81. The minimum atomic E-state index is -0.297. The lowest BCUT2D eigenvalue weighted by Gasteiger charge is -2.26. The second-order valence-electron chi connectivity index (χ2n) is 3.28. The molecule has 2 rings (SSSR count). The molecule has 0 saturated heterocycles. The summed E-state index contributed by atoms with van der Waals surface area (Å²) < 4.78 is 19.5. The predicted molar refractivity (Wildman–Crippen MR) is 56.0 cm³/mol. The van der Waals surface area contributed by atoms with Crippen LogP contribution in [0.15, 0.2) is 16.6 Å². The average Bonchev–Trinajstić information content (AvgIpc) is 2.17. The lowest BCUT2D eigenvalue weighted by Crippen LogP contribution is -2.24. The van der Waals surface area contributed by atoms with E-state index in [1.807, 2.05) is 13.1 Å². The Balaban J connectivity index is 2.51. The van der Waals surface area contributed by atoms with Gasteiger partial charge < -0.3 is 10.1 Å². The second-order valence-corrected chi connectivity index (χ2v) is 4.20. The van der Waals surface area contributed by atoms with Crippen molar-refractivity contribution in [1.82, 2.24) is 5.32 Å². The lowest BCUT2D eigenvalue weighted by atomic mass is 10.0. The highest BCUT2D eigenvalue weighted by Gasteiger charge is 2.23. The first-order valence-electron chi connectivity index (χ1n) is 4.51. The number of ether oxygens (including phenoxy) is 1. The normalized spacial score (nSPS) is 20.1. The van der Waals surface area contributed by atoms with E-state index in [2.05, 4.69) is 21.2 Å². The van der Waals surface area contributed by atoms with E-state index in [9.17, 15) is 4.39 Å². The quantitative estimate of drug-likeness (QED) is 0.838. The summed E-state index contributed by atoms with van der Waals surface area (Å²) in [5.41, 5.74) is 0.894. The smallest absolute Gasteiger partial charge is 0.166 e. The molecule has 1 atom stereocenters. The molecule has 1 heterocycles. The molecule has 0 aromatic heterocycles. The van der Waals surface area contributed by atoms with Crippen LogP contribution in [0.5, 0.6) is 5.75 Å². The molecule has 0 radical (unpaired) electrons. The third-order valence-corrected chi connectivity index (χ3v) is 2.87. The number of benzene rings is 1. The molecule has 4 heteroatoms. The van der Waals surface area contributed by atoms with E-state index < -0.39 is 0 Å². The lowest BCUT2D eigenvalue weighted by molar-refractivity contribution is 0.245. The maximum absolute atomic E-state index is 13.5. The minimum Gasteiger partial charge on any atom is -0.490 e. The van der Waals surface area contributed by atoms with Gasteiger partial charge in [0.2, 0.25) is 0 Å². The predicted octanol–water partition coefficient (Wildman–Crippen LogP) is 2.63. The summed E-state index contributed by atoms with van der Waals surface area (Å²) in [4.78, 5) is 0. The number of hydrogen-bond acceptors (Lipinski definition) is 2. The second kappa shape index (κ2) is 3.87. The molecule has 76 valence electrons. The van der Waals surface area contributed by atoms with Gasteiger partial charge >= 0.3 is 0 Å². The summed E-state index contributed by atoms with van der Waals surface area (Å²) in [5.74, 6) is 0.0909. The van der Waals surface area contributed by atoms with Crippen LogP contribution in [0.2, 0.25) is 0 Å². The molecule has 0 fully saturated rings. The van der Waals surface area contributed by atoms with E-state index in [4.69, 9.17) is 4.74 Å². The van der Waals surface area contributed by atoms with E-state index in [1.165, 1.54) is 6.07 Å². The van der Waals surface area contributed by atoms with Gasteiger partial charge in [0.05, 0.1) is 6.61 Å². The molecule has 1 aliphatic heterocycles. The topological polar surface area (TPSA) is 21.3 Å². The highest BCUT2D eigenvalue weighted by Crippen LogP contribution is 2.36. The molecule has 0 spiro atoms. The van der Waals surface area contributed by atoms with Gasteiger partial charge in [0.25, 0.3) is 0 Å². The summed E-state index contributed by atoms with van der Waals surface area (Å²) in [6.45, 7) is 0.567. The third-order valence-electron chi connectivity index (χ3n) is 2.41. The van der Waals surface area contributed by atoms with Crippen LogP contribution in [-0.2, 0) is 0 Å². The van der Waals surface area contributed by atoms with Crippen LogP contribution in [0.3, 0.4) is 0 Å². The highest BCUT2D eigenvalue weighted by molar-refractivity contribution is 9.10. The Morgan fingerprint density at radius 3 is 3.07 bits per heavy atom. The van der Waals surface area contributed by atoms with Gasteiger partial charge in [-0.2, -0.15) is 0 Å². The van der Waals surface area contributed by atoms with Crippen molar-refractivity contribution in [3.05, 3.63) is 28.0 Å². The van der Waals surface area contributed by atoms with E-state index in [0.29, 0.717) is 12.4 Å². The van der Waals surface area contributed by atoms with Crippen molar-refractivity contribution in [3.63, 3.8) is 0 Å². The molecule has 2 nitrogen and oxygen atoms in total. The largest absolute Gasteiger partial charge is 0.490 e. The van der Waals surface area contributed by atoms with Crippen LogP contribution < -0.4 is 10.1 Å². The molecule has 0 amide bonds. The summed E-state index contributed by atoms with van der Waals surface area (Å²) in [6.07, 6.45) is 0.874. The zero-order chi connectivity index (χ0) is 10.1. The Bertz CT molecular complexity index is 356. The van der Waals surface area contributed by atoms with Crippen LogP contribution in [0.25, 0.3) is 0 Å². The number of halogens is 2. The van der Waals surface area contributed by atoms with E-state index >= 15 is 0 Å². The van der Waals surface area contributed by atoms with Gasteiger partial charge in [0, 0.05) is 22.5 Å². The van der Waals surface area contributed by atoms with Gasteiger partial charge in [-0.15, -0.1) is 0 Å². The molecular weight excluding hydrogens is 249 g/mol. The number of rotatable bonds is 1. The Morgan fingerprint density at radius 2 is 2.36 bits per heavy atom. The highest BCUT2D eigenvalue weighted by atomic mass is 79.9. The monoisotopic (exact) mass is 259 g/mol. The van der Waals surface area contributed by atoms with Gasteiger partial charge in [0.1, 0.15) is 0 Å². The van der Waals surface area contributed by atoms with Crippen molar-refractivity contribution in [3.8, 4) is 5.75 Å². The SMILES string of the molecule is CNC1CCOc2c(F)cc(Br)cc21. The molecule has 1 aromatic carbocycles. The maximum atomic E-state index is 13.5. The van der Waals surface area contributed by atoms with Crippen molar-refractivity contribution in [1.29, 1.82) is 0 Å². The summed E-state index contributed by atoms with van der Waals surface area (Å²) in [7, 11) is 1.87. The van der Waals surface area contributed by atoms with Crippen LogP contribution in [-0.4, -0.2) is 13.7 Å². The number of nitrogens with one attached hydrogen (secondary N) is 1. The average molecular weight is 260 g/mol. The molecule has 1 aliphatic rings. The molecule has 0 saturated carbocycles. The van der Waals surface area contributed by atoms with Gasteiger partial charge in [-0.1, -0.05) is 15.9 Å². The fraction of sp³-hybridized carbons (Fsp3) is 0.400. The molecule has 1 N–H and O–H groups in total. The van der Waals surface area contributed by atoms with Crippen molar-refractivity contribution in [2.75, 3.05) is 13.7 Å². The van der Waals surface area contributed by atoms with Gasteiger partial charge in [-0.25, -0.2) is 4.39 Å².